The number of nitrogens with zero attached hydrogens (tertiary/aromatic N) is 1. The van der Waals surface area contributed by atoms with Gasteiger partial charge in [0, 0.05) is 30.2 Å². The van der Waals surface area contributed by atoms with Crippen molar-refractivity contribution in [3.8, 4) is 5.88 Å². The molecule has 1 aromatic carbocycles. The number of hydrogen-bond donors (Lipinski definition) is 2. The van der Waals surface area contributed by atoms with Crippen molar-refractivity contribution in [2.45, 2.75) is 6.54 Å². The number of hydrogen-bond acceptors (Lipinski definition) is 4. The summed E-state index contributed by atoms with van der Waals surface area (Å²) in [7, 11) is 1.60. The number of benzene rings is 1. The molecule has 2 aromatic rings. The van der Waals surface area contributed by atoms with Gasteiger partial charge in [0.25, 0.3) is 0 Å². The molecule has 0 atom stereocenters. The molecule has 0 amide bonds. The smallest absolute Gasteiger partial charge is 0.212 e. The van der Waals surface area contributed by atoms with Gasteiger partial charge in [0.05, 0.1) is 7.11 Å². The topological polar surface area (TPSA) is 60.2 Å². The van der Waals surface area contributed by atoms with E-state index >= 15 is 0 Å². The van der Waals surface area contributed by atoms with Crippen LogP contribution in [0.4, 0.5) is 11.4 Å². The quantitative estimate of drug-likeness (QED) is 0.790. The van der Waals surface area contributed by atoms with Crippen LogP contribution in [-0.4, -0.2) is 12.1 Å². The summed E-state index contributed by atoms with van der Waals surface area (Å²) in [5.41, 5.74) is 8.54. The van der Waals surface area contributed by atoms with Crippen molar-refractivity contribution < 1.29 is 4.74 Å². The molecular weight excluding hydrogens is 214 g/mol. The maximum atomic E-state index is 5.70. The Morgan fingerprint density at radius 3 is 2.82 bits per heavy atom. The van der Waals surface area contributed by atoms with E-state index < -0.39 is 0 Å². The highest BCUT2D eigenvalue weighted by Gasteiger charge is 1.96. The van der Waals surface area contributed by atoms with E-state index in [1.54, 1.807) is 13.3 Å². The molecule has 3 N–H and O–H groups in total. The second kappa shape index (κ2) is 5.21. The first kappa shape index (κ1) is 11.3. The van der Waals surface area contributed by atoms with E-state index in [-0.39, 0.29) is 0 Å². The van der Waals surface area contributed by atoms with Gasteiger partial charge in [0.1, 0.15) is 0 Å². The largest absolute Gasteiger partial charge is 0.481 e. The lowest BCUT2D eigenvalue weighted by atomic mass is 10.2. The van der Waals surface area contributed by atoms with Gasteiger partial charge in [-0.3, -0.25) is 0 Å². The lowest BCUT2D eigenvalue weighted by Gasteiger charge is -2.07. The lowest BCUT2D eigenvalue weighted by molar-refractivity contribution is 0.397. The minimum Gasteiger partial charge on any atom is -0.481 e. The number of nitrogens with one attached hydrogen (secondary N) is 1. The average molecular weight is 229 g/mol. The average Bonchev–Trinajstić information content (AvgIpc) is 2.37. The van der Waals surface area contributed by atoms with Crippen LogP contribution in [-0.2, 0) is 6.54 Å². The van der Waals surface area contributed by atoms with Crippen LogP contribution < -0.4 is 15.8 Å². The van der Waals surface area contributed by atoms with Crippen LogP contribution in [0, 0.1) is 0 Å². The zero-order chi connectivity index (χ0) is 12.1. The van der Waals surface area contributed by atoms with Crippen molar-refractivity contribution >= 4 is 11.4 Å². The maximum Gasteiger partial charge on any atom is 0.212 e. The van der Waals surface area contributed by atoms with Crippen molar-refractivity contribution in [2.24, 2.45) is 0 Å². The highest BCUT2D eigenvalue weighted by Crippen LogP contribution is 2.13. The maximum absolute atomic E-state index is 5.70. The van der Waals surface area contributed by atoms with Crippen LogP contribution in [0.2, 0.25) is 0 Å². The summed E-state index contributed by atoms with van der Waals surface area (Å²) < 4.78 is 5.00. The SMILES string of the molecule is COc1ccc(CNc2cccc(N)c2)cn1. The minimum absolute atomic E-state index is 0.623. The van der Waals surface area contributed by atoms with Crippen molar-refractivity contribution in [1.29, 1.82) is 0 Å². The normalized spacial score (nSPS) is 9.94. The molecule has 0 spiro atoms. The number of aromatic nitrogens is 1. The molecule has 2 rings (SSSR count). The van der Waals surface area contributed by atoms with Gasteiger partial charge in [-0.1, -0.05) is 12.1 Å². The fourth-order valence-electron chi connectivity index (χ4n) is 1.49. The lowest BCUT2D eigenvalue weighted by Crippen LogP contribution is -2.00. The molecule has 0 saturated carbocycles. The van der Waals surface area contributed by atoms with E-state index in [1.807, 2.05) is 36.4 Å². The first-order chi connectivity index (χ1) is 8.28. The molecule has 88 valence electrons. The molecule has 0 radical (unpaired) electrons. The molecule has 0 aliphatic heterocycles. The molecule has 0 aliphatic rings. The number of methoxy groups -OCH3 is 1. The number of rotatable bonds is 4. The Hall–Kier alpha value is -2.23. The number of nitrogens with two attached hydrogens (primary N) is 1. The van der Waals surface area contributed by atoms with E-state index in [2.05, 4.69) is 10.3 Å². The Labute approximate surface area is 100 Å². The summed E-state index contributed by atoms with van der Waals surface area (Å²) in [6.07, 6.45) is 1.79. The second-order valence-electron chi connectivity index (χ2n) is 3.69. The first-order valence-corrected chi connectivity index (χ1v) is 5.36. The number of nitrogen functional groups attached to an aromatic ring is 1. The van der Waals surface area contributed by atoms with Crippen LogP contribution in [0.1, 0.15) is 5.56 Å². The molecule has 0 unspecified atom stereocenters. The number of ether oxygens (including phenoxy) is 1. The fourth-order valence-corrected chi connectivity index (χ4v) is 1.49. The van der Waals surface area contributed by atoms with E-state index in [0.717, 1.165) is 16.9 Å². The zero-order valence-electron chi connectivity index (χ0n) is 9.68. The summed E-state index contributed by atoms with van der Waals surface area (Å²) in [6, 6.07) is 11.5. The standard InChI is InChI=1S/C13H15N3O/c1-17-13-6-5-10(9-16-13)8-15-12-4-2-3-11(14)7-12/h2-7,9,15H,8,14H2,1H3. The van der Waals surface area contributed by atoms with Gasteiger partial charge in [-0.25, -0.2) is 4.98 Å². The monoisotopic (exact) mass is 229 g/mol. The third-order valence-corrected chi connectivity index (χ3v) is 2.39. The summed E-state index contributed by atoms with van der Waals surface area (Å²) in [4.78, 5) is 4.14. The Bertz CT molecular complexity index is 482. The zero-order valence-corrected chi connectivity index (χ0v) is 9.68. The van der Waals surface area contributed by atoms with Crippen LogP contribution in [0.3, 0.4) is 0 Å². The molecule has 0 saturated heterocycles. The number of pyridine rings is 1. The highest BCUT2D eigenvalue weighted by molar-refractivity contribution is 5.54. The number of anilines is 2. The van der Waals surface area contributed by atoms with Gasteiger partial charge >= 0.3 is 0 Å². The molecule has 1 heterocycles. The Morgan fingerprint density at radius 2 is 2.18 bits per heavy atom. The Balaban J connectivity index is 1.97. The Morgan fingerprint density at radius 1 is 1.29 bits per heavy atom. The van der Waals surface area contributed by atoms with E-state index in [4.69, 9.17) is 10.5 Å². The Kier molecular flexibility index (Phi) is 3.45. The van der Waals surface area contributed by atoms with Crippen LogP contribution in [0.5, 0.6) is 5.88 Å². The molecule has 0 fully saturated rings. The first-order valence-electron chi connectivity index (χ1n) is 5.36. The third-order valence-electron chi connectivity index (χ3n) is 2.39. The van der Waals surface area contributed by atoms with Crippen molar-refractivity contribution in [1.82, 2.24) is 4.98 Å². The van der Waals surface area contributed by atoms with Crippen LogP contribution >= 0.6 is 0 Å². The van der Waals surface area contributed by atoms with E-state index in [9.17, 15) is 0 Å². The molecule has 1 aromatic heterocycles. The second-order valence-corrected chi connectivity index (χ2v) is 3.69. The van der Waals surface area contributed by atoms with Crippen molar-refractivity contribution in [2.75, 3.05) is 18.2 Å². The minimum atomic E-state index is 0.623. The molecule has 17 heavy (non-hydrogen) atoms. The molecule has 0 bridgehead atoms. The van der Waals surface area contributed by atoms with Gasteiger partial charge in [0.15, 0.2) is 0 Å². The summed E-state index contributed by atoms with van der Waals surface area (Å²) in [5.74, 6) is 0.623. The summed E-state index contributed by atoms with van der Waals surface area (Å²) >= 11 is 0. The predicted octanol–water partition coefficient (Wildman–Crippen LogP) is 2.28. The third kappa shape index (κ3) is 3.11. The van der Waals surface area contributed by atoms with Crippen LogP contribution in [0.15, 0.2) is 42.6 Å². The fraction of sp³-hybridized carbons (Fsp3) is 0.154. The van der Waals surface area contributed by atoms with Gasteiger partial charge in [-0.15, -0.1) is 0 Å². The predicted molar refractivity (Wildman–Crippen MR) is 69.0 cm³/mol. The van der Waals surface area contributed by atoms with Gasteiger partial charge in [-0.05, 0) is 23.8 Å². The summed E-state index contributed by atoms with van der Waals surface area (Å²) in [6.45, 7) is 0.709. The molecule has 4 heteroatoms. The molecule has 0 aliphatic carbocycles. The summed E-state index contributed by atoms with van der Waals surface area (Å²) in [5, 5.41) is 3.28. The van der Waals surface area contributed by atoms with Gasteiger partial charge in [-0.2, -0.15) is 0 Å². The van der Waals surface area contributed by atoms with Crippen LogP contribution in [0.25, 0.3) is 0 Å². The van der Waals surface area contributed by atoms with E-state index in [1.165, 1.54) is 0 Å². The molecular formula is C13H15N3O. The van der Waals surface area contributed by atoms with Crippen molar-refractivity contribution in [3.63, 3.8) is 0 Å². The van der Waals surface area contributed by atoms with Gasteiger partial charge < -0.3 is 15.8 Å². The van der Waals surface area contributed by atoms with Gasteiger partial charge in [0.2, 0.25) is 5.88 Å². The molecule has 4 nitrogen and oxygen atoms in total. The van der Waals surface area contributed by atoms with Crippen molar-refractivity contribution in [3.05, 3.63) is 48.2 Å². The van der Waals surface area contributed by atoms with E-state index in [0.29, 0.717) is 12.4 Å². The highest BCUT2D eigenvalue weighted by atomic mass is 16.5.